The van der Waals surface area contributed by atoms with E-state index in [0.29, 0.717) is 25.9 Å². The van der Waals surface area contributed by atoms with Gasteiger partial charge < -0.3 is 61.4 Å². The van der Waals surface area contributed by atoms with Crippen LogP contribution in [0, 0.1) is 5.41 Å². The Morgan fingerprint density at radius 2 is 1.77 bits per heavy atom. The molecule has 0 spiro atoms. The van der Waals surface area contributed by atoms with Crippen molar-refractivity contribution >= 4 is 23.3 Å². The van der Waals surface area contributed by atoms with Gasteiger partial charge in [-0.25, -0.2) is 0 Å². The summed E-state index contributed by atoms with van der Waals surface area (Å²) in [6.07, 6.45) is -7.43. The summed E-state index contributed by atoms with van der Waals surface area (Å²) in [6, 6.07) is 8.87. The summed E-state index contributed by atoms with van der Waals surface area (Å²) >= 11 is 0. The predicted molar refractivity (Wildman–Crippen MR) is 151 cm³/mol. The molecule has 234 valence electrons. The van der Waals surface area contributed by atoms with Crippen molar-refractivity contribution in [1.29, 1.82) is 5.41 Å². The predicted octanol–water partition coefficient (Wildman–Crippen LogP) is -1.89. The lowest BCUT2D eigenvalue weighted by Gasteiger charge is -2.40. The molecule has 2 amide bonds. The SMILES string of the molecule is N=C(N)c1ccc(O)c(NC(C(=O)NCC(=O)N2CCC(O)CC2)c2ccccc2OC2OC(CO)C(O)C(O)C2O)c1. The van der Waals surface area contributed by atoms with Crippen molar-refractivity contribution in [2.24, 2.45) is 5.73 Å². The lowest BCUT2D eigenvalue weighted by Crippen LogP contribution is -2.60. The molecule has 6 atom stereocenters. The van der Waals surface area contributed by atoms with E-state index in [1.54, 1.807) is 12.1 Å². The number of nitrogens with zero attached hydrogens (tertiary/aromatic N) is 1. The number of amides is 2. The number of amidine groups is 1. The number of hydrogen-bond donors (Lipinski definition) is 10. The molecular formula is C28H37N5O10. The third-order valence-electron chi connectivity index (χ3n) is 7.42. The molecule has 2 heterocycles. The van der Waals surface area contributed by atoms with Crippen molar-refractivity contribution in [1.82, 2.24) is 10.2 Å². The first kappa shape index (κ1) is 31.9. The van der Waals surface area contributed by atoms with Gasteiger partial charge in [0, 0.05) is 24.2 Å². The number of aliphatic hydroxyl groups is 5. The summed E-state index contributed by atoms with van der Waals surface area (Å²) < 4.78 is 11.3. The van der Waals surface area contributed by atoms with Crippen LogP contribution in [0.3, 0.4) is 0 Å². The molecule has 2 aromatic carbocycles. The summed E-state index contributed by atoms with van der Waals surface area (Å²) in [6.45, 7) is -0.338. The number of para-hydroxylation sites is 1. The minimum atomic E-state index is -1.72. The Balaban J connectivity index is 1.62. The number of benzene rings is 2. The lowest BCUT2D eigenvalue weighted by atomic mass is 9.99. The highest BCUT2D eigenvalue weighted by Gasteiger charge is 2.45. The second-order valence-corrected chi connectivity index (χ2v) is 10.4. The fourth-order valence-electron chi connectivity index (χ4n) is 4.87. The largest absolute Gasteiger partial charge is 0.506 e. The molecule has 0 saturated carbocycles. The van der Waals surface area contributed by atoms with Gasteiger partial charge in [-0.3, -0.25) is 15.0 Å². The van der Waals surface area contributed by atoms with E-state index in [9.17, 15) is 40.2 Å². The summed E-state index contributed by atoms with van der Waals surface area (Å²) in [5, 5.41) is 73.8. The second-order valence-electron chi connectivity index (χ2n) is 10.4. The third-order valence-corrected chi connectivity index (χ3v) is 7.42. The van der Waals surface area contributed by atoms with Crippen LogP contribution in [0.5, 0.6) is 11.5 Å². The highest BCUT2D eigenvalue weighted by molar-refractivity contribution is 5.97. The van der Waals surface area contributed by atoms with Crippen LogP contribution < -0.4 is 21.1 Å². The van der Waals surface area contributed by atoms with Gasteiger partial charge in [0.05, 0.1) is 24.9 Å². The van der Waals surface area contributed by atoms with Crippen LogP contribution in [0.4, 0.5) is 5.69 Å². The number of phenolic OH excluding ortho intramolecular Hbond substituents is 1. The number of piperidine rings is 1. The highest BCUT2D eigenvalue weighted by Crippen LogP contribution is 2.34. The van der Waals surface area contributed by atoms with Gasteiger partial charge in [-0.05, 0) is 37.1 Å². The first-order chi connectivity index (χ1) is 20.5. The van der Waals surface area contributed by atoms with Gasteiger partial charge >= 0.3 is 0 Å². The van der Waals surface area contributed by atoms with Gasteiger partial charge in [-0.1, -0.05) is 18.2 Å². The Hall–Kier alpha value is -3.99. The maximum atomic E-state index is 13.6. The number of phenols is 1. The van der Waals surface area contributed by atoms with E-state index in [-0.39, 0.29) is 46.6 Å². The topological polar surface area (TPSA) is 251 Å². The number of ether oxygens (including phenoxy) is 2. The third kappa shape index (κ3) is 7.51. The second kappa shape index (κ2) is 14.0. The van der Waals surface area contributed by atoms with Gasteiger partial charge in [0.1, 0.15) is 47.8 Å². The number of hydrogen-bond acceptors (Lipinski definition) is 12. The van der Waals surface area contributed by atoms with Crippen LogP contribution in [0.1, 0.15) is 30.0 Å². The Morgan fingerprint density at radius 1 is 1.07 bits per heavy atom. The fraction of sp³-hybridized carbons (Fsp3) is 0.464. The number of likely N-dealkylation sites (tertiary alicyclic amines) is 1. The maximum Gasteiger partial charge on any atom is 0.247 e. The summed E-state index contributed by atoms with van der Waals surface area (Å²) in [5.41, 5.74) is 6.06. The number of aliphatic hydroxyl groups excluding tert-OH is 5. The van der Waals surface area contributed by atoms with Crippen LogP contribution >= 0.6 is 0 Å². The molecule has 0 aliphatic carbocycles. The number of carbonyl (C=O) groups excluding carboxylic acids is 2. The lowest BCUT2D eigenvalue weighted by molar-refractivity contribution is -0.277. The standard InChI is InChI=1S/C28H37N5O10/c29-26(30)14-5-6-18(36)17(11-14)32-22(27(41)31-12-21(37)33-9-7-15(35)8-10-33)16-3-1-2-4-19(16)42-28-25(40)24(39)23(38)20(13-34)43-28/h1-6,11,15,20,22-25,28,32,34-36,38-40H,7-10,12-13H2,(H3,29,30)(H,31,41). The van der Waals surface area contributed by atoms with Crippen molar-refractivity contribution in [3.8, 4) is 11.5 Å². The molecule has 0 aromatic heterocycles. The molecule has 15 nitrogen and oxygen atoms in total. The average molecular weight is 604 g/mol. The molecular weight excluding hydrogens is 566 g/mol. The van der Waals surface area contributed by atoms with E-state index in [1.807, 2.05) is 0 Å². The average Bonchev–Trinajstić information content (AvgIpc) is 3.00. The zero-order valence-corrected chi connectivity index (χ0v) is 23.2. The first-order valence-electron chi connectivity index (χ1n) is 13.7. The van der Waals surface area contributed by atoms with E-state index in [1.165, 1.54) is 35.2 Å². The summed E-state index contributed by atoms with van der Waals surface area (Å²) in [4.78, 5) is 28.0. The molecule has 2 fully saturated rings. The number of anilines is 1. The first-order valence-corrected chi connectivity index (χ1v) is 13.7. The van der Waals surface area contributed by atoms with Gasteiger partial charge in [0.2, 0.25) is 18.1 Å². The number of nitrogens with one attached hydrogen (secondary N) is 3. The number of nitrogen functional groups attached to an aromatic ring is 1. The zero-order chi connectivity index (χ0) is 31.3. The van der Waals surface area contributed by atoms with Gasteiger partial charge in [-0.2, -0.15) is 0 Å². The van der Waals surface area contributed by atoms with Crippen LogP contribution in [-0.4, -0.2) is 116 Å². The maximum absolute atomic E-state index is 13.6. The van der Waals surface area contributed by atoms with E-state index < -0.39 is 55.4 Å². The molecule has 0 bridgehead atoms. The molecule has 0 radical (unpaired) electrons. The zero-order valence-electron chi connectivity index (χ0n) is 23.2. The van der Waals surface area contributed by atoms with E-state index in [0.717, 1.165) is 0 Å². The molecule has 2 aromatic rings. The number of aromatic hydroxyl groups is 1. The van der Waals surface area contributed by atoms with E-state index in [2.05, 4.69) is 10.6 Å². The number of carbonyl (C=O) groups is 2. The van der Waals surface area contributed by atoms with Gasteiger partial charge in [-0.15, -0.1) is 0 Å². The molecule has 11 N–H and O–H groups in total. The molecule has 2 aliphatic rings. The van der Waals surface area contributed by atoms with E-state index >= 15 is 0 Å². The normalized spacial score (nSPS) is 25.0. The van der Waals surface area contributed by atoms with Crippen LogP contribution in [0.25, 0.3) is 0 Å². The van der Waals surface area contributed by atoms with Gasteiger partial charge in [0.15, 0.2) is 0 Å². The van der Waals surface area contributed by atoms with Crippen LogP contribution in [0.15, 0.2) is 42.5 Å². The molecule has 4 rings (SSSR count). The highest BCUT2D eigenvalue weighted by atomic mass is 16.7. The summed E-state index contributed by atoms with van der Waals surface area (Å²) in [7, 11) is 0. The smallest absolute Gasteiger partial charge is 0.247 e. The Bertz CT molecular complexity index is 1300. The van der Waals surface area contributed by atoms with Crippen molar-refractivity contribution in [3.05, 3.63) is 53.6 Å². The van der Waals surface area contributed by atoms with Crippen molar-refractivity contribution < 1.29 is 49.7 Å². The van der Waals surface area contributed by atoms with Crippen LogP contribution in [-0.2, 0) is 14.3 Å². The fourth-order valence-corrected chi connectivity index (χ4v) is 4.87. The van der Waals surface area contributed by atoms with Crippen molar-refractivity contribution in [2.75, 3.05) is 31.6 Å². The van der Waals surface area contributed by atoms with E-state index in [4.69, 9.17) is 20.6 Å². The quantitative estimate of drug-likeness (QED) is 0.0813. The molecule has 6 unspecified atom stereocenters. The molecule has 15 heteroatoms. The van der Waals surface area contributed by atoms with Gasteiger partial charge in [0.25, 0.3) is 0 Å². The number of rotatable bonds is 10. The molecule has 2 aliphatic heterocycles. The monoisotopic (exact) mass is 603 g/mol. The Labute approximate surface area is 247 Å². The Kier molecular flexibility index (Phi) is 10.4. The van der Waals surface area contributed by atoms with Crippen molar-refractivity contribution in [3.63, 3.8) is 0 Å². The minimum Gasteiger partial charge on any atom is -0.506 e. The molecule has 2 saturated heterocycles. The molecule has 43 heavy (non-hydrogen) atoms. The Morgan fingerprint density at radius 3 is 2.44 bits per heavy atom. The van der Waals surface area contributed by atoms with Crippen LogP contribution in [0.2, 0.25) is 0 Å². The number of nitrogens with two attached hydrogens (primary N) is 1. The summed E-state index contributed by atoms with van der Waals surface area (Å²) in [5.74, 6) is -1.61. The minimum absolute atomic E-state index is 0.00182. The van der Waals surface area contributed by atoms with Crippen molar-refractivity contribution in [2.45, 2.75) is 55.7 Å².